The van der Waals surface area contributed by atoms with Crippen LogP contribution in [0, 0.1) is 0 Å². The van der Waals surface area contributed by atoms with Gasteiger partial charge in [-0.1, -0.05) is 17.7 Å². The first-order chi connectivity index (χ1) is 8.31. The summed E-state index contributed by atoms with van der Waals surface area (Å²) in [6, 6.07) is 5.35. The number of nitrogens with one attached hydrogen (secondary N) is 1. The van der Waals surface area contributed by atoms with Gasteiger partial charge in [-0.05, 0) is 44.0 Å². The van der Waals surface area contributed by atoms with Crippen LogP contribution < -0.4 is 11.1 Å². The summed E-state index contributed by atoms with van der Waals surface area (Å²) in [4.78, 5) is 11.5. The average Bonchev–Trinajstić information content (AvgIpc) is 2.24. The van der Waals surface area contributed by atoms with Gasteiger partial charge in [0, 0.05) is 17.1 Å². The lowest BCUT2D eigenvalue weighted by atomic mass is 10.1. The number of nitrogens with two attached hydrogens (primary N) is 1. The molecule has 0 bridgehead atoms. The molecule has 0 saturated carbocycles. The second-order valence-corrected chi connectivity index (χ2v) is 5.50. The number of alkyl carbamates (subject to hydrolysis) is 1. The van der Waals surface area contributed by atoms with E-state index < -0.39 is 6.09 Å². The summed E-state index contributed by atoms with van der Waals surface area (Å²) < 4.78 is 5.14. The van der Waals surface area contributed by atoms with Crippen molar-refractivity contribution in [2.45, 2.75) is 39.5 Å². The van der Waals surface area contributed by atoms with Gasteiger partial charge in [0.2, 0.25) is 0 Å². The maximum absolute atomic E-state index is 11.5. The van der Waals surface area contributed by atoms with Gasteiger partial charge in [0.25, 0.3) is 0 Å². The standard InChI is InChI=1S/C13H19ClN2O2/c1-13(2,3)16-12(17)18-8-9-4-5-11(14)6-10(9)7-15/h4-6H,7-8,15H2,1-3H3,(H,16,17). The van der Waals surface area contributed by atoms with Crippen LogP contribution in [0.5, 0.6) is 0 Å². The van der Waals surface area contributed by atoms with Crippen LogP contribution in [0.4, 0.5) is 4.79 Å². The average molecular weight is 271 g/mol. The van der Waals surface area contributed by atoms with Crippen LogP contribution in [0.2, 0.25) is 5.02 Å². The Bertz CT molecular complexity index is 427. The highest BCUT2D eigenvalue weighted by atomic mass is 35.5. The molecular formula is C13H19ClN2O2. The number of rotatable bonds is 3. The summed E-state index contributed by atoms with van der Waals surface area (Å²) in [6.45, 7) is 6.22. The first-order valence-corrected chi connectivity index (χ1v) is 6.12. The topological polar surface area (TPSA) is 64.3 Å². The van der Waals surface area contributed by atoms with Crippen molar-refractivity contribution in [3.05, 3.63) is 34.3 Å². The number of amides is 1. The molecule has 0 atom stereocenters. The van der Waals surface area contributed by atoms with E-state index >= 15 is 0 Å². The molecule has 0 aliphatic heterocycles. The SMILES string of the molecule is CC(C)(C)NC(=O)OCc1ccc(Cl)cc1CN. The number of hydrogen-bond donors (Lipinski definition) is 2. The highest BCUT2D eigenvalue weighted by Gasteiger charge is 2.15. The summed E-state index contributed by atoms with van der Waals surface area (Å²) in [7, 11) is 0. The Balaban J connectivity index is 2.61. The zero-order chi connectivity index (χ0) is 13.8. The largest absolute Gasteiger partial charge is 0.445 e. The Kier molecular flexibility index (Phi) is 4.99. The minimum atomic E-state index is -0.444. The lowest BCUT2D eigenvalue weighted by molar-refractivity contribution is 0.131. The molecular weight excluding hydrogens is 252 g/mol. The molecule has 1 aromatic carbocycles. The van der Waals surface area contributed by atoms with Crippen LogP contribution >= 0.6 is 11.6 Å². The maximum atomic E-state index is 11.5. The second kappa shape index (κ2) is 6.07. The molecule has 4 nitrogen and oxygen atoms in total. The zero-order valence-electron chi connectivity index (χ0n) is 10.9. The third kappa shape index (κ3) is 4.94. The van der Waals surface area contributed by atoms with Crippen LogP contribution in [0.15, 0.2) is 18.2 Å². The zero-order valence-corrected chi connectivity index (χ0v) is 11.7. The maximum Gasteiger partial charge on any atom is 0.407 e. The summed E-state index contributed by atoms with van der Waals surface area (Å²) in [5.74, 6) is 0. The van der Waals surface area contributed by atoms with Crippen LogP contribution in [-0.2, 0) is 17.9 Å². The van der Waals surface area contributed by atoms with E-state index in [-0.39, 0.29) is 12.1 Å². The van der Waals surface area contributed by atoms with Crippen molar-refractivity contribution in [2.75, 3.05) is 0 Å². The van der Waals surface area contributed by atoms with E-state index in [1.165, 1.54) is 0 Å². The Morgan fingerprint density at radius 1 is 1.39 bits per heavy atom. The molecule has 18 heavy (non-hydrogen) atoms. The Morgan fingerprint density at radius 2 is 2.06 bits per heavy atom. The number of hydrogen-bond acceptors (Lipinski definition) is 3. The van der Waals surface area contributed by atoms with Gasteiger partial charge in [-0.15, -0.1) is 0 Å². The summed E-state index contributed by atoms with van der Waals surface area (Å²) >= 11 is 5.87. The second-order valence-electron chi connectivity index (χ2n) is 5.07. The molecule has 1 aromatic rings. The first kappa shape index (κ1) is 14.8. The fourth-order valence-electron chi connectivity index (χ4n) is 1.41. The van der Waals surface area contributed by atoms with Crippen molar-refractivity contribution in [2.24, 2.45) is 5.73 Å². The van der Waals surface area contributed by atoms with Crippen LogP contribution in [0.25, 0.3) is 0 Å². The van der Waals surface area contributed by atoms with Crippen molar-refractivity contribution in [3.8, 4) is 0 Å². The molecule has 0 fully saturated rings. The molecule has 1 amide bonds. The van der Waals surface area contributed by atoms with Gasteiger partial charge in [0.05, 0.1) is 0 Å². The van der Waals surface area contributed by atoms with Crippen molar-refractivity contribution < 1.29 is 9.53 Å². The number of carbonyl (C=O) groups excluding carboxylic acids is 1. The molecule has 0 saturated heterocycles. The molecule has 5 heteroatoms. The van der Waals surface area contributed by atoms with E-state index in [0.717, 1.165) is 11.1 Å². The van der Waals surface area contributed by atoms with Crippen LogP contribution in [0.3, 0.4) is 0 Å². The van der Waals surface area contributed by atoms with Gasteiger partial charge < -0.3 is 15.8 Å². The lowest BCUT2D eigenvalue weighted by Gasteiger charge is -2.20. The van der Waals surface area contributed by atoms with E-state index in [1.54, 1.807) is 12.1 Å². The molecule has 1 rings (SSSR count). The molecule has 0 aliphatic carbocycles. The smallest absolute Gasteiger partial charge is 0.407 e. The van der Waals surface area contributed by atoms with Gasteiger partial charge in [-0.3, -0.25) is 0 Å². The van der Waals surface area contributed by atoms with Gasteiger partial charge in [0.1, 0.15) is 6.61 Å². The number of ether oxygens (including phenoxy) is 1. The molecule has 0 unspecified atom stereocenters. The van der Waals surface area contributed by atoms with Crippen molar-refractivity contribution in [1.82, 2.24) is 5.32 Å². The van der Waals surface area contributed by atoms with Gasteiger partial charge >= 0.3 is 6.09 Å². The molecule has 0 aliphatic rings. The number of carbonyl (C=O) groups is 1. The Hall–Kier alpha value is -1.26. The molecule has 100 valence electrons. The number of halogens is 1. The summed E-state index contributed by atoms with van der Waals surface area (Å²) in [5, 5.41) is 3.34. The molecule has 3 N–H and O–H groups in total. The normalized spacial score (nSPS) is 11.2. The molecule has 0 heterocycles. The van der Waals surface area contributed by atoms with E-state index in [0.29, 0.717) is 11.6 Å². The van der Waals surface area contributed by atoms with E-state index in [9.17, 15) is 4.79 Å². The predicted octanol–water partition coefficient (Wildman–Crippen LogP) is 2.82. The van der Waals surface area contributed by atoms with Crippen LogP contribution in [0.1, 0.15) is 31.9 Å². The summed E-state index contributed by atoms with van der Waals surface area (Å²) in [6.07, 6.45) is -0.444. The molecule has 0 spiro atoms. The van der Waals surface area contributed by atoms with E-state index in [2.05, 4.69) is 5.32 Å². The van der Waals surface area contributed by atoms with Crippen molar-refractivity contribution in [1.29, 1.82) is 0 Å². The predicted molar refractivity (Wildman–Crippen MR) is 72.4 cm³/mol. The first-order valence-electron chi connectivity index (χ1n) is 5.74. The van der Waals surface area contributed by atoms with Gasteiger partial charge in [-0.25, -0.2) is 4.79 Å². The summed E-state index contributed by atoms with van der Waals surface area (Å²) in [5.41, 5.74) is 7.05. The van der Waals surface area contributed by atoms with E-state index in [1.807, 2.05) is 26.8 Å². The fourth-order valence-corrected chi connectivity index (χ4v) is 1.61. The molecule has 0 aromatic heterocycles. The van der Waals surface area contributed by atoms with Gasteiger partial charge in [0.15, 0.2) is 0 Å². The third-order valence-electron chi connectivity index (χ3n) is 2.22. The van der Waals surface area contributed by atoms with Crippen LogP contribution in [-0.4, -0.2) is 11.6 Å². The quantitative estimate of drug-likeness (QED) is 0.888. The highest BCUT2D eigenvalue weighted by Crippen LogP contribution is 2.16. The molecule has 0 radical (unpaired) electrons. The lowest BCUT2D eigenvalue weighted by Crippen LogP contribution is -2.40. The van der Waals surface area contributed by atoms with Gasteiger partial charge in [-0.2, -0.15) is 0 Å². The Labute approximate surface area is 112 Å². The van der Waals surface area contributed by atoms with E-state index in [4.69, 9.17) is 22.1 Å². The minimum absolute atomic E-state index is 0.186. The van der Waals surface area contributed by atoms with Crippen molar-refractivity contribution in [3.63, 3.8) is 0 Å². The third-order valence-corrected chi connectivity index (χ3v) is 2.46. The number of benzene rings is 1. The Morgan fingerprint density at radius 3 is 2.61 bits per heavy atom. The monoisotopic (exact) mass is 270 g/mol. The fraction of sp³-hybridized carbons (Fsp3) is 0.462. The van der Waals surface area contributed by atoms with Crippen molar-refractivity contribution >= 4 is 17.7 Å². The minimum Gasteiger partial charge on any atom is -0.445 e. The highest BCUT2D eigenvalue weighted by molar-refractivity contribution is 6.30.